The van der Waals surface area contributed by atoms with Gasteiger partial charge >= 0.3 is 0 Å². The molecule has 1 fully saturated rings. The maximum Gasteiger partial charge on any atom is 0.248 e. The molecule has 0 spiro atoms. The first-order valence-electron chi connectivity index (χ1n) is 6.22. The normalized spacial score (nSPS) is 19.6. The number of thiazole rings is 1. The lowest BCUT2D eigenvalue weighted by molar-refractivity contribution is -0.140. The number of rotatable bonds is 3. The van der Waals surface area contributed by atoms with Crippen molar-refractivity contribution in [3.05, 3.63) is 11.6 Å². The summed E-state index contributed by atoms with van der Waals surface area (Å²) in [6.07, 6.45) is 4.80. The Labute approximate surface area is 110 Å². The smallest absolute Gasteiger partial charge is 0.248 e. The number of anilines is 1. The van der Waals surface area contributed by atoms with E-state index in [2.05, 4.69) is 10.3 Å². The van der Waals surface area contributed by atoms with Crippen LogP contribution in [0.3, 0.4) is 0 Å². The van der Waals surface area contributed by atoms with Gasteiger partial charge in [-0.2, -0.15) is 0 Å². The molecule has 1 saturated heterocycles. The third kappa shape index (κ3) is 2.87. The summed E-state index contributed by atoms with van der Waals surface area (Å²) in [6.45, 7) is 2.51. The number of nitrogens with one attached hydrogen (secondary N) is 1. The van der Waals surface area contributed by atoms with Gasteiger partial charge in [-0.15, -0.1) is 11.3 Å². The van der Waals surface area contributed by atoms with Crippen molar-refractivity contribution in [1.82, 2.24) is 9.88 Å². The number of aromatic nitrogens is 1. The second-order valence-electron chi connectivity index (χ2n) is 4.28. The quantitative estimate of drug-likeness (QED) is 0.909. The van der Waals surface area contributed by atoms with Crippen LogP contribution in [0.4, 0.5) is 5.13 Å². The molecule has 1 aliphatic heterocycles. The van der Waals surface area contributed by atoms with E-state index < -0.39 is 0 Å². The van der Waals surface area contributed by atoms with Gasteiger partial charge < -0.3 is 10.2 Å². The summed E-state index contributed by atoms with van der Waals surface area (Å²) < 4.78 is 0. The molecule has 0 aromatic carbocycles. The zero-order valence-corrected chi connectivity index (χ0v) is 11.2. The fourth-order valence-corrected chi connectivity index (χ4v) is 2.71. The van der Waals surface area contributed by atoms with E-state index in [0.717, 1.165) is 19.3 Å². The summed E-state index contributed by atoms with van der Waals surface area (Å²) in [5, 5.41) is 5.18. The Bertz CT molecular complexity index is 419. The molecular weight excluding hydrogens is 250 g/mol. The van der Waals surface area contributed by atoms with Gasteiger partial charge in [0.05, 0.1) is 0 Å². The van der Waals surface area contributed by atoms with Gasteiger partial charge in [-0.1, -0.05) is 6.92 Å². The average molecular weight is 267 g/mol. The molecule has 0 radical (unpaired) electrons. The maximum atomic E-state index is 12.2. The highest BCUT2D eigenvalue weighted by Crippen LogP contribution is 2.20. The van der Waals surface area contributed by atoms with Crippen LogP contribution in [-0.4, -0.2) is 34.3 Å². The third-order valence-electron chi connectivity index (χ3n) is 3.09. The van der Waals surface area contributed by atoms with E-state index in [4.69, 9.17) is 0 Å². The molecule has 5 nitrogen and oxygen atoms in total. The summed E-state index contributed by atoms with van der Waals surface area (Å²) >= 11 is 1.38. The van der Waals surface area contributed by atoms with Gasteiger partial charge in [-0.3, -0.25) is 9.59 Å². The van der Waals surface area contributed by atoms with E-state index in [1.807, 2.05) is 12.3 Å². The average Bonchev–Trinajstić information content (AvgIpc) is 2.90. The SMILES string of the molecule is CCC(=O)N1CCCCC1C(=O)Nc1nccs1. The molecule has 2 heterocycles. The van der Waals surface area contributed by atoms with E-state index >= 15 is 0 Å². The van der Waals surface area contributed by atoms with Gasteiger partial charge in [-0.25, -0.2) is 4.98 Å². The predicted molar refractivity (Wildman–Crippen MR) is 70.4 cm³/mol. The van der Waals surface area contributed by atoms with Crippen LogP contribution in [-0.2, 0) is 9.59 Å². The maximum absolute atomic E-state index is 12.2. The van der Waals surface area contributed by atoms with Crippen LogP contribution in [0.2, 0.25) is 0 Å². The lowest BCUT2D eigenvalue weighted by Crippen LogP contribution is -2.49. The Morgan fingerprint density at radius 1 is 1.56 bits per heavy atom. The van der Waals surface area contributed by atoms with Crippen LogP contribution in [0.25, 0.3) is 0 Å². The van der Waals surface area contributed by atoms with E-state index in [9.17, 15) is 9.59 Å². The molecule has 6 heteroatoms. The first-order valence-corrected chi connectivity index (χ1v) is 7.10. The van der Waals surface area contributed by atoms with Crippen molar-refractivity contribution in [3.63, 3.8) is 0 Å². The zero-order chi connectivity index (χ0) is 13.0. The van der Waals surface area contributed by atoms with Gasteiger partial charge in [0.1, 0.15) is 6.04 Å². The topological polar surface area (TPSA) is 62.3 Å². The molecule has 1 aliphatic rings. The van der Waals surface area contributed by atoms with E-state index in [1.165, 1.54) is 11.3 Å². The summed E-state index contributed by atoms with van der Waals surface area (Å²) in [4.78, 5) is 29.7. The van der Waals surface area contributed by atoms with Crippen LogP contribution in [0.1, 0.15) is 32.6 Å². The standard InChI is InChI=1S/C12H17N3O2S/c1-2-10(16)15-7-4-3-5-9(15)11(17)14-12-13-6-8-18-12/h6,8-9H,2-5,7H2,1H3,(H,13,14,17). The Balaban J connectivity index is 2.04. The van der Waals surface area contributed by atoms with Crippen LogP contribution < -0.4 is 5.32 Å². The molecular formula is C12H17N3O2S. The Kier molecular flexibility index (Phi) is 4.30. The van der Waals surface area contributed by atoms with Gasteiger partial charge in [0.15, 0.2) is 5.13 Å². The summed E-state index contributed by atoms with van der Waals surface area (Å²) in [6, 6.07) is -0.338. The fraction of sp³-hybridized carbons (Fsp3) is 0.583. The lowest BCUT2D eigenvalue weighted by atomic mass is 10.0. The summed E-state index contributed by atoms with van der Waals surface area (Å²) in [5.41, 5.74) is 0. The predicted octanol–water partition coefficient (Wildman–Crippen LogP) is 1.87. The van der Waals surface area contributed by atoms with Crippen molar-refractivity contribution < 1.29 is 9.59 Å². The monoisotopic (exact) mass is 267 g/mol. The number of hydrogen-bond acceptors (Lipinski definition) is 4. The van der Waals surface area contributed by atoms with Crippen LogP contribution >= 0.6 is 11.3 Å². The van der Waals surface area contributed by atoms with Crippen molar-refractivity contribution in [2.45, 2.75) is 38.6 Å². The molecule has 2 rings (SSSR count). The largest absolute Gasteiger partial charge is 0.331 e. The van der Waals surface area contributed by atoms with Gasteiger partial charge in [0.2, 0.25) is 11.8 Å². The molecule has 0 saturated carbocycles. The number of nitrogens with zero attached hydrogens (tertiary/aromatic N) is 2. The first kappa shape index (κ1) is 13.0. The van der Waals surface area contributed by atoms with Crippen LogP contribution in [0.15, 0.2) is 11.6 Å². The summed E-state index contributed by atoms with van der Waals surface area (Å²) in [7, 11) is 0. The third-order valence-corrected chi connectivity index (χ3v) is 3.78. The van der Waals surface area contributed by atoms with Gasteiger partial charge in [0.25, 0.3) is 0 Å². The molecule has 1 aromatic heterocycles. The summed E-state index contributed by atoms with van der Waals surface area (Å²) in [5.74, 6) is -0.0690. The lowest BCUT2D eigenvalue weighted by Gasteiger charge is -2.34. The Morgan fingerprint density at radius 2 is 2.39 bits per heavy atom. The fourth-order valence-electron chi connectivity index (χ4n) is 2.18. The minimum atomic E-state index is -0.338. The molecule has 0 bridgehead atoms. The van der Waals surface area contributed by atoms with Crippen molar-refractivity contribution in [2.75, 3.05) is 11.9 Å². The Morgan fingerprint density at radius 3 is 3.06 bits per heavy atom. The Hall–Kier alpha value is -1.43. The number of amides is 2. The highest BCUT2D eigenvalue weighted by molar-refractivity contribution is 7.13. The van der Waals surface area contributed by atoms with E-state index in [-0.39, 0.29) is 17.9 Å². The second-order valence-corrected chi connectivity index (χ2v) is 5.17. The number of hydrogen-bond donors (Lipinski definition) is 1. The molecule has 98 valence electrons. The highest BCUT2D eigenvalue weighted by Gasteiger charge is 2.31. The van der Waals surface area contributed by atoms with E-state index in [0.29, 0.717) is 18.1 Å². The minimum Gasteiger partial charge on any atom is -0.331 e. The first-order chi connectivity index (χ1) is 8.72. The number of carbonyl (C=O) groups is 2. The molecule has 0 aliphatic carbocycles. The highest BCUT2D eigenvalue weighted by atomic mass is 32.1. The molecule has 1 aromatic rings. The van der Waals surface area contributed by atoms with Crippen LogP contribution in [0.5, 0.6) is 0 Å². The molecule has 18 heavy (non-hydrogen) atoms. The number of likely N-dealkylation sites (tertiary alicyclic amines) is 1. The van der Waals surface area contributed by atoms with Gasteiger partial charge in [-0.05, 0) is 19.3 Å². The molecule has 1 unspecified atom stereocenters. The van der Waals surface area contributed by atoms with Crippen LogP contribution in [0, 0.1) is 0 Å². The van der Waals surface area contributed by atoms with Crippen molar-refractivity contribution in [1.29, 1.82) is 0 Å². The van der Waals surface area contributed by atoms with Crippen molar-refractivity contribution in [3.8, 4) is 0 Å². The molecule has 1 N–H and O–H groups in total. The molecule has 1 atom stereocenters. The minimum absolute atomic E-state index is 0.0500. The molecule has 2 amide bonds. The van der Waals surface area contributed by atoms with Crippen molar-refractivity contribution >= 4 is 28.3 Å². The second kappa shape index (κ2) is 5.95. The zero-order valence-electron chi connectivity index (χ0n) is 10.4. The number of carbonyl (C=O) groups excluding carboxylic acids is 2. The van der Waals surface area contributed by atoms with Crippen molar-refractivity contribution in [2.24, 2.45) is 0 Å². The van der Waals surface area contributed by atoms with Gasteiger partial charge in [0, 0.05) is 24.5 Å². The van der Waals surface area contributed by atoms with E-state index in [1.54, 1.807) is 11.1 Å². The number of piperidine rings is 1.